The fourth-order valence-electron chi connectivity index (χ4n) is 2.42. The third-order valence-electron chi connectivity index (χ3n) is 3.84. The van der Waals surface area contributed by atoms with Gasteiger partial charge in [-0.25, -0.2) is 0 Å². The van der Waals surface area contributed by atoms with E-state index >= 15 is 0 Å². The van der Waals surface area contributed by atoms with Gasteiger partial charge in [-0.15, -0.1) is 0 Å². The lowest BCUT2D eigenvalue weighted by Gasteiger charge is -2.08. The molecule has 0 bridgehead atoms. The average molecular weight is 408 g/mol. The maximum atomic E-state index is 10.4. The number of aliphatic carboxylic acids is 1. The van der Waals surface area contributed by atoms with Crippen LogP contribution in [-0.4, -0.2) is 30.8 Å². The highest BCUT2D eigenvalue weighted by molar-refractivity contribution is 6.32. The van der Waals surface area contributed by atoms with Crippen LogP contribution in [0.4, 0.5) is 0 Å². The fourth-order valence-corrected chi connectivity index (χ4v) is 2.78. The average Bonchev–Trinajstić information content (AvgIpc) is 2.64. The van der Waals surface area contributed by atoms with Crippen LogP contribution in [0.25, 0.3) is 6.08 Å². The number of benzene rings is 2. The Labute approximate surface area is 169 Å². The first-order chi connectivity index (χ1) is 13.0. The van der Waals surface area contributed by atoms with Gasteiger partial charge in [-0.3, -0.25) is 4.79 Å². The molecule has 0 aliphatic rings. The van der Waals surface area contributed by atoms with Crippen molar-refractivity contribution in [2.45, 2.75) is 19.3 Å². The van der Waals surface area contributed by atoms with Crippen molar-refractivity contribution in [3.8, 4) is 5.75 Å². The molecular weight excluding hydrogens is 385 g/mol. The standard InChI is InChI=1S/C21H23Cl2NO3/c22-18-8-5-16(6-9-18)3-2-14-27-19-10-7-17(20(23)15-19)4-1-12-24-13-11-21(25)26/h1,4-10,15,24H,2-3,11-14H2,(H,25,26)/b4-1+. The van der Waals surface area contributed by atoms with Gasteiger partial charge in [0.2, 0.25) is 0 Å². The van der Waals surface area contributed by atoms with Crippen molar-refractivity contribution >= 4 is 35.2 Å². The lowest BCUT2D eigenvalue weighted by atomic mass is 10.1. The highest BCUT2D eigenvalue weighted by Gasteiger charge is 2.01. The van der Waals surface area contributed by atoms with E-state index in [1.807, 2.05) is 48.6 Å². The molecule has 6 heteroatoms. The Morgan fingerprint density at radius 2 is 1.93 bits per heavy atom. The quantitative estimate of drug-likeness (QED) is 0.509. The summed E-state index contributed by atoms with van der Waals surface area (Å²) in [4.78, 5) is 10.4. The Morgan fingerprint density at radius 3 is 2.63 bits per heavy atom. The van der Waals surface area contributed by atoms with Gasteiger partial charge < -0.3 is 15.2 Å². The molecule has 0 aliphatic heterocycles. The monoisotopic (exact) mass is 407 g/mol. The van der Waals surface area contributed by atoms with Crippen molar-refractivity contribution < 1.29 is 14.6 Å². The second-order valence-corrected chi connectivity index (χ2v) is 6.86. The summed E-state index contributed by atoms with van der Waals surface area (Å²) in [7, 11) is 0. The minimum atomic E-state index is -0.807. The number of carboxylic acid groups (broad SMARTS) is 1. The first-order valence-electron chi connectivity index (χ1n) is 8.80. The Bertz CT molecular complexity index is 761. The minimum absolute atomic E-state index is 0.110. The Morgan fingerprint density at radius 1 is 1.15 bits per heavy atom. The number of nitrogens with one attached hydrogen (secondary N) is 1. The van der Waals surface area contributed by atoms with Gasteiger partial charge in [-0.1, -0.05) is 47.5 Å². The van der Waals surface area contributed by atoms with E-state index in [0.29, 0.717) is 24.7 Å². The predicted octanol–water partition coefficient (Wildman–Crippen LogP) is 5.08. The number of hydrogen-bond acceptors (Lipinski definition) is 3. The van der Waals surface area contributed by atoms with Crippen LogP contribution in [0.5, 0.6) is 5.75 Å². The van der Waals surface area contributed by atoms with Crippen LogP contribution in [-0.2, 0) is 11.2 Å². The van der Waals surface area contributed by atoms with E-state index in [4.69, 9.17) is 33.0 Å². The molecule has 0 unspecified atom stereocenters. The van der Waals surface area contributed by atoms with E-state index in [0.717, 1.165) is 29.2 Å². The summed E-state index contributed by atoms with van der Waals surface area (Å²) >= 11 is 12.2. The fraction of sp³-hybridized carbons (Fsp3) is 0.286. The number of ether oxygens (including phenoxy) is 1. The summed E-state index contributed by atoms with van der Waals surface area (Å²) in [6.45, 7) is 1.64. The zero-order valence-electron chi connectivity index (χ0n) is 15.0. The second-order valence-electron chi connectivity index (χ2n) is 6.01. The Kier molecular flexibility index (Phi) is 9.19. The van der Waals surface area contributed by atoms with Gasteiger partial charge in [0.15, 0.2) is 0 Å². The molecule has 2 aromatic carbocycles. The summed E-state index contributed by atoms with van der Waals surface area (Å²) in [5.41, 5.74) is 2.13. The molecule has 0 heterocycles. The summed E-state index contributed by atoms with van der Waals surface area (Å²) in [6, 6.07) is 13.4. The van der Waals surface area contributed by atoms with Crippen molar-refractivity contribution in [2.24, 2.45) is 0 Å². The van der Waals surface area contributed by atoms with Crippen LogP contribution < -0.4 is 10.1 Å². The summed E-state index contributed by atoms with van der Waals surface area (Å²) in [5, 5.41) is 13.0. The summed E-state index contributed by atoms with van der Waals surface area (Å²) < 4.78 is 5.76. The maximum Gasteiger partial charge on any atom is 0.304 e. The smallest absolute Gasteiger partial charge is 0.304 e. The molecule has 0 fully saturated rings. The van der Waals surface area contributed by atoms with Gasteiger partial charge in [-0.2, -0.15) is 0 Å². The molecule has 2 N–H and O–H groups in total. The third-order valence-corrected chi connectivity index (χ3v) is 4.42. The maximum absolute atomic E-state index is 10.4. The summed E-state index contributed by atoms with van der Waals surface area (Å²) in [6.07, 6.45) is 5.76. The van der Waals surface area contributed by atoms with Crippen LogP contribution in [0.15, 0.2) is 48.5 Å². The van der Waals surface area contributed by atoms with Crippen LogP contribution >= 0.6 is 23.2 Å². The van der Waals surface area contributed by atoms with Crippen LogP contribution in [0.2, 0.25) is 10.0 Å². The molecule has 144 valence electrons. The number of carboxylic acids is 1. The van der Waals surface area contributed by atoms with Crippen molar-refractivity contribution in [1.82, 2.24) is 5.32 Å². The van der Waals surface area contributed by atoms with E-state index < -0.39 is 5.97 Å². The molecule has 0 aromatic heterocycles. The van der Waals surface area contributed by atoms with Crippen LogP contribution in [0.3, 0.4) is 0 Å². The van der Waals surface area contributed by atoms with Crippen LogP contribution in [0, 0.1) is 0 Å². The number of hydrogen-bond donors (Lipinski definition) is 2. The molecule has 0 spiro atoms. The topological polar surface area (TPSA) is 58.6 Å². The lowest BCUT2D eigenvalue weighted by Crippen LogP contribution is -2.17. The highest BCUT2D eigenvalue weighted by atomic mass is 35.5. The van der Waals surface area contributed by atoms with Crippen LogP contribution in [0.1, 0.15) is 24.0 Å². The minimum Gasteiger partial charge on any atom is -0.494 e. The van der Waals surface area contributed by atoms with Crippen molar-refractivity contribution in [3.63, 3.8) is 0 Å². The molecular formula is C21H23Cl2NO3. The van der Waals surface area contributed by atoms with Gasteiger partial charge >= 0.3 is 5.97 Å². The normalized spacial score (nSPS) is 11.0. The Hall–Kier alpha value is -2.01. The van der Waals surface area contributed by atoms with E-state index in [9.17, 15) is 4.79 Å². The molecule has 27 heavy (non-hydrogen) atoms. The van der Waals surface area contributed by atoms with Gasteiger partial charge in [0, 0.05) is 18.1 Å². The molecule has 0 aliphatic carbocycles. The lowest BCUT2D eigenvalue weighted by molar-refractivity contribution is -0.136. The molecule has 4 nitrogen and oxygen atoms in total. The third kappa shape index (κ3) is 8.48. The second kappa shape index (κ2) is 11.7. The van der Waals surface area contributed by atoms with Gasteiger partial charge in [0.05, 0.1) is 18.1 Å². The highest BCUT2D eigenvalue weighted by Crippen LogP contribution is 2.24. The molecule has 2 aromatic rings. The molecule has 2 rings (SSSR count). The summed E-state index contributed by atoms with van der Waals surface area (Å²) in [5.74, 6) is -0.0638. The number of carbonyl (C=O) groups is 1. The van der Waals surface area contributed by atoms with Gasteiger partial charge in [0.1, 0.15) is 5.75 Å². The largest absolute Gasteiger partial charge is 0.494 e. The molecule has 0 radical (unpaired) electrons. The number of halogens is 2. The van der Waals surface area contributed by atoms with E-state index in [-0.39, 0.29) is 6.42 Å². The SMILES string of the molecule is O=C(O)CCNC/C=C/c1ccc(OCCCc2ccc(Cl)cc2)cc1Cl. The first kappa shape index (κ1) is 21.3. The van der Waals surface area contributed by atoms with E-state index in [1.165, 1.54) is 5.56 Å². The van der Waals surface area contributed by atoms with Gasteiger partial charge in [0.25, 0.3) is 0 Å². The van der Waals surface area contributed by atoms with Gasteiger partial charge in [-0.05, 0) is 54.3 Å². The Balaban J connectivity index is 1.71. The molecule has 0 atom stereocenters. The zero-order valence-corrected chi connectivity index (χ0v) is 16.5. The van der Waals surface area contributed by atoms with Crippen molar-refractivity contribution in [3.05, 3.63) is 69.7 Å². The van der Waals surface area contributed by atoms with E-state index in [2.05, 4.69) is 5.32 Å². The molecule has 0 saturated carbocycles. The molecule has 0 saturated heterocycles. The van der Waals surface area contributed by atoms with Crippen molar-refractivity contribution in [2.75, 3.05) is 19.7 Å². The zero-order chi connectivity index (χ0) is 19.5. The van der Waals surface area contributed by atoms with E-state index in [1.54, 1.807) is 6.07 Å². The van der Waals surface area contributed by atoms with Crippen molar-refractivity contribution in [1.29, 1.82) is 0 Å². The first-order valence-corrected chi connectivity index (χ1v) is 9.56. The number of aryl methyl sites for hydroxylation is 1. The number of rotatable bonds is 11. The molecule has 0 amide bonds. The predicted molar refractivity (Wildman–Crippen MR) is 111 cm³/mol.